The number of carbonyl (C=O) groups excluding carboxylic acids is 1. The number of rotatable bonds is 2. The molecule has 2 rings (SSSR count). The van der Waals surface area contributed by atoms with Gasteiger partial charge in [-0.3, -0.25) is 0 Å². The molecule has 15 heavy (non-hydrogen) atoms. The second-order valence-electron chi connectivity index (χ2n) is 4.46. The molecular formula is C10H16NO4+. The van der Waals surface area contributed by atoms with Gasteiger partial charge in [0.2, 0.25) is 0 Å². The maximum atomic E-state index is 11.6. The first-order valence-electron chi connectivity index (χ1n) is 5.16. The number of hydrogen-bond donors (Lipinski definition) is 2. The highest BCUT2D eigenvalue weighted by atomic mass is 16.8. The van der Waals surface area contributed by atoms with Gasteiger partial charge >= 0.3 is 5.97 Å². The van der Waals surface area contributed by atoms with Crippen LogP contribution in [0.1, 0.15) is 20.3 Å². The lowest BCUT2D eigenvalue weighted by atomic mass is 10.1. The van der Waals surface area contributed by atoms with Gasteiger partial charge < -0.3 is 19.5 Å². The van der Waals surface area contributed by atoms with E-state index < -0.39 is 11.8 Å². The molecule has 0 radical (unpaired) electrons. The summed E-state index contributed by atoms with van der Waals surface area (Å²) in [6, 6.07) is 0. The molecule has 0 unspecified atom stereocenters. The van der Waals surface area contributed by atoms with Gasteiger partial charge in [-0.15, -0.1) is 0 Å². The van der Waals surface area contributed by atoms with Crippen molar-refractivity contribution >= 4 is 5.97 Å². The zero-order valence-corrected chi connectivity index (χ0v) is 9.00. The summed E-state index contributed by atoms with van der Waals surface area (Å²) in [5.41, 5.74) is 0.254. The van der Waals surface area contributed by atoms with Crippen molar-refractivity contribution in [3.63, 3.8) is 0 Å². The zero-order valence-electron chi connectivity index (χ0n) is 9.00. The second-order valence-corrected chi connectivity index (χ2v) is 4.46. The van der Waals surface area contributed by atoms with Crippen molar-refractivity contribution in [3.05, 3.63) is 11.5 Å². The van der Waals surface area contributed by atoms with E-state index in [2.05, 4.69) is 0 Å². The summed E-state index contributed by atoms with van der Waals surface area (Å²) in [5.74, 6) is -1.81. The largest absolute Gasteiger partial charge is 0.480 e. The van der Waals surface area contributed by atoms with Crippen molar-refractivity contribution in [2.45, 2.75) is 26.1 Å². The van der Waals surface area contributed by atoms with Crippen molar-refractivity contribution in [1.29, 1.82) is 0 Å². The Hall–Kier alpha value is -1.23. The third-order valence-electron chi connectivity index (χ3n) is 2.67. The standard InChI is InChI=1S/C10H15NO4/c1-10(2)14-8(12)7(9(13)15-10)6-11-4-3-5-11/h12H,3-6H2,1-2H3/p+1. The van der Waals surface area contributed by atoms with Gasteiger partial charge in [0.25, 0.3) is 11.7 Å². The molecule has 0 aliphatic carbocycles. The maximum Gasteiger partial charge on any atom is 0.350 e. The van der Waals surface area contributed by atoms with E-state index in [0.29, 0.717) is 6.54 Å². The van der Waals surface area contributed by atoms with Gasteiger partial charge in [-0.2, -0.15) is 0 Å². The molecule has 0 saturated carbocycles. The van der Waals surface area contributed by atoms with Crippen LogP contribution in [0, 0.1) is 0 Å². The summed E-state index contributed by atoms with van der Waals surface area (Å²) in [5, 5.41) is 9.59. The SMILES string of the molecule is CC1(C)OC(=O)C(C[NH+]2CCC2)=C(O)O1. The first-order valence-corrected chi connectivity index (χ1v) is 5.16. The Morgan fingerprint density at radius 2 is 2.07 bits per heavy atom. The van der Waals surface area contributed by atoms with Gasteiger partial charge in [0.15, 0.2) is 5.57 Å². The van der Waals surface area contributed by atoms with Gasteiger partial charge in [-0.05, 0) is 0 Å². The van der Waals surface area contributed by atoms with Crippen LogP contribution in [0.5, 0.6) is 0 Å². The highest BCUT2D eigenvalue weighted by molar-refractivity contribution is 5.89. The summed E-state index contributed by atoms with van der Waals surface area (Å²) in [7, 11) is 0. The Bertz CT molecular complexity index is 317. The van der Waals surface area contributed by atoms with E-state index in [1.54, 1.807) is 13.8 Å². The molecule has 2 heterocycles. The highest BCUT2D eigenvalue weighted by Crippen LogP contribution is 2.24. The number of esters is 1. The number of quaternary nitrogens is 1. The van der Waals surface area contributed by atoms with Crippen LogP contribution in [-0.2, 0) is 14.3 Å². The maximum absolute atomic E-state index is 11.6. The van der Waals surface area contributed by atoms with Crippen molar-refractivity contribution in [2.75, 3.05) is 19.6 Å². The van der Waals surface area contributed by atoms with E-state index >= 15 is 0 Å². The zero-order chi connectivity index (χ0) is 11.1. The normalized spacial score (nSPS) is 25.6. The van der Waals surface area contributed by atoms with E-state index in [-0.39, 0.29) is 11.5 Å². The third-order valence-corrected chi connectivity index (χ3v) is 2.67. The molecule has 0 spiro atoms. The minimum absolute atomic E-state index is 0.254. The minimum atomic E-state index is -1.06. The molecule has 5 heteroatoms. The van der Waals surface area contributed by atoms with Crippen molar-refractivity contribution in [3.8, 4) is 0 Å². The fraction of sp³-hybridized carbons (Fsp3) is 0.700. The second kappa shape index (κ2) is 3.41. The topological polar surface area (TPSA) is 60.2 Å². The fourth-order valence-corrected chi connectivity index (χ4v) is 1.69. The molecule has 2 aliphatic rings. The number of aliphatic hydroxyl groups is 1. The summed E-state index contributed by atoms with van der Waals surface area (Å²) in [6.07, 6.45) is 1.17. The quantitative estimate of drug-likeness (QED) is 0.600. The van der Waals surface area contributed by atoms with Crippen LogP contribution in [-0.4, -0.2) is 36.5 Å². The lowest BCUT2D eigenvalue weighted by Crippen LogP contribution is -3.18. The van der Waals surface area contributed by atoms with Crippen LogP contribution in [0.4, 0.5) is 0 Å². The Morgan fingerprint density at radius 1 is 1.40 bits per heavy atom. The molecule has 0 atom stereocenters. The smallest absolute Gasteiger partial charge is 0.350 e. The number of hydrogen-bond acceptors (Lipinski definition) is 4. The van der Waals surface area contributed by atoms with Gasteiger partial charge in [-0.25, -0.2) is 4.79 Å². The highest BCUT2D eigenvalue weighted by Gasteiger charge is 2.38. The lowest BCUT2D eigenvalue weighted by Gasteiger charge is -2.33. The molecule has 0 aromatic rings. The number of nitrogens with one attached hydrogen (secondary N) is 1. The molecule has 2 aliphatic heterocycles. The van der Waals surface area contributed by atoms with Gasteiger partial charge in [0.1, 0.15) is 6.54 Å². The van der Waals surface area contributed by atoms with Crippen LogP contribution < -0.4 is 4.90 Å². The summed E-state index contributed by atoms with van der Waals surface area (Å²) in [4.78, 5) is 12.8. The fourth-order valence-electron chi connectivity index (χ4n) is 1.69. The molecular weight excluding hydrogens is 198 g/mol. The van der Waals surface area contributed by atoms with E-state index in [0.717, 1.165) is 13.1 Å². The molecule has 0 aromatic carbocycles. The van der Waals surface area contributed by atoms with Crippen LogP contribution in [0.25, 0.3) is 0 Å². The average Bonchev–Trinajstić information content (AvgIpc) is 1.96. The minimum Gasteiger partial charge on any atom is -0.480 e. The summed E-state index contributed by atoms with van der Waals surface area (Å²) < 4.78 is 10.1. The molecule has 84 valence electrons. The molecule has 1 fully saturated rings. The van der Waals surface area contributed by atoms with E-state index in [1.807, 2.05) is 0 Å². The molecule has 2 N–H and O–H groups in total. The average molecular weight is 214 g/mol. The Kier molecular flexibility index (Phi) is 2.34. The van der Waals surface area contributed by atoms with E-state index in [9.17, 15) is 9.90 Å². The van der Waals surface area contributed by atoms with Crippen LogP contribution >= 0.6 is 0 Å². The van der Waals surface area contributed by atoms with E-state index in [1.165, 1.54) is 11.3 Å². The summed E-state index contributed by atoms with van der Waals surface area (Å²) in [6.45, 7) is 5.74. The number of ether oxygens (including phenoxy) is 2. The number of cyclic esters (lactones) is 1. The molecule has 1 saturated heterocycles. The number of aliphatic hydroxyl groups excluding tert-OH is 1. The van der Waals surface area contributed by atoms with Crippen LogP contribution in [0.15, 0.2) is 11.5 Å². The van der Waals surface area contributed by atoms with Crippen molar-refractivity contribution < 1.29 is 24.3 Å². The predicted molar refractivity (Wildman–Crippen MR) is 51.1 cm³/mol. The van der Waals surface area contributed by atoms with Gasteiger partial charge in [-0.1, -0.05) is 0 Å². The third kappa shape index (κ3) is 2.07. The Balaban J connectivity index is 2.10. The molecule has 0 aromatic heterocycles. The van der Waals surface area contributed by atoms with Gasteiger partial charge in [0.05, 0.1) is 13.1 Å². The van der Waals surface area contributed by atoms with Crippen LogP contribution in [0.2, 0.25) is 0 Å². The molecule has 0 bridgehead atoms. The van der Waals surface area contributed by atoms with E-state index in [4.69, 9.17) is 9.47 Å². The van der Waals surface area contributed by atoms with Crippen molar-refractivity contribution in [1.82, 2.24) is 0 Å². The summed E-state index contributed by atoms with van der Waals surface area (Å²) >= 11 is 0. The Morgan fingerprint density at radius 3 is 2.53 bits per heavy atom. The predicted octanol–water partition coefficient (Wildman–Crippen LogP) is -0.646. The number of likely N-dealkylation sites (tertiary alicyclic amines) is 1. The number of carbonyl (C=O) groups is 1. The van der Waals surface area contributed by atoms with Crippen molar-refractivity contribution in [2.24, 2.45) is 0 Å². The van der Waals surface area contributed by atoms with Crippen LogP contribution in [0.3, 0.4) is 0 Å². The van der Waals surface area contributed by atoms with Gasteiger partial charge in [0, 0.05) is 20.3 Å². The Labute approximate surface area is 88.3 Å². The lowest BCUT2D eigenvalue weighted by molar-refractivity contribution is -0.934. The monoisotopic (exact) mass is 214 g/mol. The molecule has 5 nitrogen and oxygen atoms in total. The first kappa shape index (κ1) is 10.3. The molecule has 0 amide bonds. The first-order chi connectivity index (χ1) is 6.98.